The summed E-state index contributed by atoms with van der Waals surface area (Å²) in [6.07, 6.45) is 0. The van der Waals surface area contributed by atoms with Crippen LogP contribution in [0.3, 0.4) is 0 Å². The van der Waals surface area contributed by atoms with Gasteiger partial charge in [0.15, 0.2) is 0 Å². The van der Waals surface area contributed by atoms with E-state index in [0.717, 1.165) is 5.75 Å². The number of nitrogens with one attached hydrogen (secondary N) is 1. The van der Waals surface area contributed by atoms with E-state index < -0.39 is 10.0 Å². The molecule has 0 aliphatic carbocycles. The first kappa shape index (κ1) is 12.3. The highest BCUT2D eigenvalue weighted by atomic mass is 79.9. The van der Waals surface area contributed by atoms with Gasteiger partial charge in [0.2, 0.25) is 10.0 Å². The number of halogens is 1. The molecule has 1 N–H and O–H groups in total. The molecule has 1 aromatic carbocycles. The van der Waals surface area contributed by atoms with Gasteiger partial charge < -0.3 is 4.74 Å². The highest BCUT2D eigenvalue weighted by Gasteiger charge is 2.07. The number of alkyl halides is 1. The fourth-order valence-electron chi connectivity index (χ4n) is 0.993. The van der Waals surface area contributed by atoms with Crippen molar-refractivity contribution in [3.63, 3.8) is 0 Å². The van der Waals surface area contributed by atoms with Crippen molar-refractivity contribution in [3.8, 4) is 5.75 Å². The van der Waals surface area contributed by atoms with Crippen molar-refractivity contribution < 1.29 is 13.2 Å². The van der Waals surface area contributed by atoms with Gasteiger partial charge in [0, 0.05) is 5.69 Å². The van der Waals surface area contributed by atoms with Gasteiger partial charge in [0.05, 0.1) is 6.61 Å². The van der Waals surface area contributed by atoms with Crippen LogP contribution in [-0.4, -0.2) is 19.7 Å². The van der Waals surface area contributed by atoms with E-state index in [2.05, 4.69) is 20.7 Å². The minimum Gasteiger partial charge on any atom is -0.494 e. The highest BCUT2D eigenvalue weighted by Crippen LogP contribution is 2.16. The van der Waals surface area contributed by atoms with Gasteiger partial charge in [0.1, 0.15) is 10.4 Å². The third-order valence-corrected chi connectivity index (χ3v) is 4.22. The molecule has 15 heavy (non-hydrogen) atoms. The summed E-state index contributed by atoms with van der Waals surface area (Å²) in [5.41, 5.74) is 0.526. The van der Waals surface area contributed by atoms with E-state index >= 15 is 0 Å². The number of sulfonamides is 1. The van der Waals surface area contributed by atoms with Crippen LogP contribution in [0.4, 0.5) is 5.69 Å². The summed E-state index contributed by atoms with van der Waals surface area (Å²) in [5.74, 6) is 0.722. The standard InChI is InChI=1S/C9H12BrNO3S/c1-2-14-9-5-3-8(4-6-9)11-15(12,13)7-10/h3-6,11H,2,7H2,1H3. The van der Waals surface area contributed by atoms with E-state index in [1.807, 2.05) is 6.92 Å². The third-order valence-electron chi connectivity index (χ3n) is 1.58. The largest absolute Gasteiger partial charge is 0.494 e. The van der Waals surface area contributed by atoms with Crippen molar-refractivity contribution in [2.24, 2.45) is 0 Å². The van der Waals surface area contributed by atoms with Crippen LogP contribution in [0.5, 0.6) is 5.75 Å². The summed E-state index contributed by atoms with van der Waals surface area (Å²) in [6, 6.07) is 6.75. The van der Waals surface area contributed by atoms with Crippen LogP contribution in [0.1, 0.15) is 6.92 Å². The van der Waals surface area contributed by atoms with Crippen LogP contribution in [0.2, 0.25) is 0 Å². The van der Waals surface area contributed by atoms with Crippen molar-refractivity contribution >= 4 is 31.6 Å². The zero-order chi connectivity index (χ0) is 11.3. The Labute approximate surface area is 97.8 Å². The lowest BCUT2D eigenvalue weighted by Crippen LogP contribution is -2.12. The normalized spacial score (nSPS) is 11.1. The molecule has 0 radical (unpaired) electrons. The van der Waals surface area contributed by atoms with E-state index in [9.17, 15) is 8.42 Å². The van der Waals surface area contributed by atoms with Crippen LogP contribution < -0.4 is 9.46 Å². The van der Waals surface area contributed by atoms with Gasteiger partial charge in [-0.05, 0) is 31.2 Å². The molecule has 0 saturated heterocycles. The number of benzene rings is 1. The zero-order valence-corrected chi connectivity index (χ0v) is 10.6. The summed E-state index contributed by atoms with van der Waals surface area (Å²) in [6.45, 7) is 2.48. The van der Waals surface area contributed by atoms with E-state index in [4.69, 9.17) is 4.74 Å². The number of anilines is 1. The molecule has 84 valence electrons. The van der Waals surface area contributed by atoms with Crippen molar-refractivity contribution in [2.45, 2.75) is 6.92 Å². The molecule has 0 spiro atoms. The smallest absolute Gasteiger partial charge is 0.242 e. The maximum atomic E-state index is 11.2. The number of hydrogen-bond donors (Lipinski definition) is 1. The second-order valence-electron chi connectivity index (χ2n) is 2.78. The summed E-state index contributed by atoms with van der Waals surface area (Å²) in [4.78, 5) is 0. The van der Waals surface area contributed by atoms with Gasteiger partial charge in [-0.3, -0.25) is 4.72 Å². The summed E-state index contributed by atoms with van der Waals surface area (Å²) >= 11 is 2.89. The molecule has 4 nitrogen and oxygen atoms in total. The monoisotopic (exact) mass is 293 g/mol. The zero-order valence-electron chi connectivity index (χ0n) is 8.23. The summed E-state index contributed by atoms with van der Waals surface area (Å²) < 4.78 is 29.9. The predicted molar refractivity (Wildman–Crippen MR) is 63.9 cm³/mol. The molecule has 0 aromatic heterocycles. The molecule has 0 heterocycles. The quantitative estimate of drug-likeness (QED) is 0.847. The average molecular weight is 294 g/mol. The molecule has 0 amide bonds. The fourth-order valence-corrected chi connectivity index (χ4v) is 1.89. The van der Waals surface area contributed by atoms with E-state index in [1.165, 1.54) is 0 Å². The highest BCUT2D eigenvalue weighted by molar-refractivity contribution is 9.10. The Hall–Kier alpha value is -0.750. The topological polar surface area (TPSA) is 55.4 Å². The maximum Gasteiger partial charge on any atom is 0.242 e. The van der Waals surface area contributed by atoms with E-state index in [-0.39, 0.29) is 4.66 Å². The summed E-state index contributed by atoms with van der Waals surface area (Å²) in [5, 5.41) is 0. The Kier molecular flexibility index (Phi) is 4.41. The maximum absolute atomic E-state index is 11.2. The second-order valence-corrected chi connectivity index (χ2v) is 5.81. The number of ether oxygens (including phenoxy) is 1. The molecule has 0 aliphatic heterocycles. The van der Waals surface area contributed by atoms with Gasteiger partial charge in [-0.15, -0.1) is 0 Å². The Morgan fingerprint density at radius 2 is 1.93 bits per heavy atom. The van der Waals surface area contributed by atoms with Crippen LogP contribution in [-0.2, 0) is 10.0 Å². The lowest BCUT2D eigenvalue weighted by atomic mass is 10.3. The Bertz CT molecular complexity index is 402. The number of rotatable bonds is 5. The molecule has 0 aliphatic rings. The Balaban J connectivity index is 2.73. The van der Waals surface area contributed by atoms with Crippen molar-refractivity contribution in [3.05, 3.63) is 24.3 Å². The van der Waals surface area contributed by atoms with E-state index in [1.54, 1.807) is 24.3 Å². The molecule has 1 aromatic rings. The molecule has 1 rings (SSSR count). The first-order valence-electron chi connectivity index (χ1n) is 4.36. The van der Waals surface area contributed by atoms with Crippen molar-refractivity contribution in [1.29, 1.82) is 0 Å². The van der Waals surface area contributed by atoms with Crippen LogP contribution in [0.25, 0.3) is 0 Å². The average Bonchev–Trinajstić information content (AvgIpc) is 2.21. The molecule has 0 bridgehead atoms. The minimum atomic E-state index is -3.27. The molecule has 0 atom stereocenters. The third kappa shape index (κ3) is 4.09. The second kappa shape index (κ2) is 5.37. The van der Waals surface area contributed by atoms with Gasteiger partial charge in [-0.1, -0.05) is 15.9 Å². The SMILES string of the molecule is CCOc1ccc(NS(=O)(=O)CBr)cc1. The van der Waals surface area contributed by atoms with Crippen molar-refractivity contribution in [2.75, 3.05) is 16.0 Å². The van der Waals surface area contributed by atoms with Gasteiger partial charge in [-0.25, -0.2) is 8.42 Å². The lowest BCUT2D eigenvalue weighted by molar-refractivity contribution is 0.340. The minimum absolute atomic E-state index is 0.118. The first-order chi connectivity index (χ1) is 7.07. The first-order valence-corrected chi connectivity index (χ1v) is 7.14. The Morgan fingerprint density at radius 3 is 2.40 bits per heavy atom. The molecule has 0 unspecified atom stereocenters. The van der Waals surface area contributed by atoms with Gasteiger partial charge >= 0.3 is 0 Å². The summed E-state index contributed by atoms with van der Waals surface area (Å²) in [7, 11) is -3.27. The Morgan fingerprint density at radius 1 is 1.33 bits per heavy atom. The molecule has 0 fully saturated rings. The number of hydrogen-bond acceptors (Lipinski definition) is 3. The van der Waals surface area contributed by atoms with Gasteiger partial charge in [-0.2, -0.15) is 0 Å². The lowest BCUT2D eigenvalue weighted by Gasteiger charge is -2.06. The van der Waals surface area contributed by atoms with E-state index in [0.29, 0.717) is 12.3 Å². The molecule has 0 saturated carbocycles. The van der Waals surface area contributed by atoms with Crippen molar-refractivity contribution in [1.82, 2.24) is 0 Å². The predicted octanol–water partition coefficient (Wildman–Crippen LogP) is 2.18. The molecular formula is C9H12BrNO3S. The molecular weight excluding hydrogens is 282 g/mol. The van der Waals surface area contributed by atoms with Crippen LogP contribution in [0.15, 0.2) is 24.3 Å². The fraction of sp³-hybridized carbons (Fsp3) is 0.333. The van der Waals surface area contributed by atoms with Gasteiger partial charge in [0.25, 0.3) is 0 Å². The van der Waals surface area contributed by atoms with Crippen LogP contribution in [0, 0.1) is 0 Å². The molecule has 6 heteroatoms. The van der Waals surface area contributed by atoms with Crippen LogP contribution >= 0.6 is 15.9 Å².